The van der Waals surface area contributed by atoms with Crippen LogP contribution in [0.25, 0.3) is 16.3 Å². The zero-order valence-electron chi connectivity index (χ0n) is 18.2. The SMILES string of the molecule is OOOSCCC[n+]1c(/C=C2\Sc3ccc(Cl)cc3N2CCCS(O)(O)O)sc2ccc(I)cc21. The van der Waals surface area contributed by atoms with Gasteiger partial charge in [0.15, 0.2) is 6.54 Å². The number of hydrogen-bond donors (Lipinski definition) is 4. The number of halogens is 2. The van der Waals surface area contributed by atoms with Crippen molar-refractivity contribution in [2.75, 3.05) is 23.0 Å². The number of nitrogens with zero attached hydrogens (tertiary/aromatic N) is 2. The van der Waals surface area contributed by atoms with Crippen LogP contribution in [0, 0.1) is 3.57 Å². The van der Waals surface area contributed by atoms with Gasteiger partial charge in [-0.25, -0.2) is 5.26 Å². The minimum Gasteiger partial charge on any atom is -0.335 e. The fourth-order valence-electron chi connectivity index (χ4n) is 3.68. The van der Waals surface area contributed by atoms with Crippen molar-refractivity contribution in [3.8, 4) is 0 Å². The monoisotopic (exact) mass is 689 g/mol. The molecule has 0 fully saturated rings. The number of anilines is 1. The Hall–Kier alpha value is -0.300. The molecule has 0 atom stereocenters. The summed E-state index contributed by atoms with van der Waals surface area (Å²) in [6, 6.07) is 12.1. The molecule has 1 aliphatic rings. The fourth-order valence-corrected chi connectivity index (χ4v) is 7.48. The van der Waals surface area contributed by atoms with Crippen LogP contribution in [0.3, 0.4) is 0 Å². The summed E-state index contributed by atoms with van der Waals surface area (Å²) >= 11 is 13.0. The third-order valence-electron chi connectivity index (χ3n) is 5.12. The van der Waals surface area contributed by atoms with Gasteiger partial charge in [-0.3, -0.25) is 0 Å². The largest absolute Gasteiger partial charge is 0.335 e. The highest BCUT2D eigenvalue weighted by atomic mass is 127. The molecule has 0 radical (unpaired) electrons. The Morgan fingerprint density at radius 3 is 2.77 bits per heavy atom. The molecular formula is C21H23ClIN2O6S4+. The van der Waals surface area contributed by atoms with Crippen molar-refractivity contribution in [1.29, 1.82) is 0 Å². The average Bonchev–Trinajstić information content (AvgIpc) is 3.30. The molecule has 14 heteroatoms. The Bertz CT molecular complexity index is 1220. The third-order valence-corrected chi connectivity index (χ3v) is 9.70. The molecular weight excluding hydrogens is 667 g/mol. The van der Waals surface area contributed by atoms with Crippen LogP contribution in [0.2, 0.25) is 5.02 Å². The minimum atomic E-state index is -3.54. The molecule has 190 valence electrons. The summed E-state index contributed by atoms with van der Waals surface area (Å²) in [5.74, 6) is 0.555. The van der Waals surface area contributed by atoms with Crippen molar-refractivity contribution >= 4 is 102 Å². The van der Waals surface area contributed by atoms with Gasteiger partial charge in [0.2, 0.25) is 5.52 Å². The summed E-state index contributed by atoms with van der Waals surface area (Å²) in [4.78, 5) is 3.17. The van der Waals surface area contributed by atoms with E-state index in [0.29, 0.717) is 23.7 Å². The number of benzene rings is 2. The van der Waals surface area contributed by atoms with E-state index in [-0.39, 0.29) is 5.75 Å². The van der Waals surface area contributed by atoms with Gasteiger partial charge in [0.1, 0.15) is 4.70 Å². The maximum Gasteiger partial charge on any atom is 0.265 e. The average molecular weight is 690 g/mol. The summed E-state index contributed by atoms with van der Waals surface area (Å²) in [5, 5.41) is 14.7. The summed E-state index contributed by atoms with van der Waals surface area (Å²) < 4.78 is 37.3. The van der Waals surface area contributed by atoms with Crippen molar-refractivity contribution in [3.05, 3.63) is 55.0 Å². The van der Waals surface area contributed by atoms with Crippen LogP contribution >= 0.6 is 80.2 Å². The van der Waals surface area contributed by atoms with Crippen molar-refractivity contribution in [1.82, 2.24) is 0 Å². The molecule has 0 saturated carbocycles. The lowest BCUT2D eigenvalue weighted by Gasteiger charge is -2.23. The lowest BCUT2D eigenvalue weighted by molar-refractivity contribution is -0.668. The molecule has 0 amide bonds. The predicted molar refractivity (Wildman–Crippen MR) is 154 cm³/mol. The van der Waals surface area contributed by atoms with Crippen molar-refractivity contribution < 1.29 is 32.9 Å². The lowest BCUT2D eigenvalue weighted by atomic mass is 10.2. The molecule has 0 bridgehead atoms. The quantitative estimate of drug-likeness (QED) is 0.0409. The molecule has 1 aliphatic heterocycles. The van der Waals surface area contributed by atoms with E-state index in [2.05, 4.69) is 65.7 Å². The first-order valence-corrected chi connectivity index (χ1v) is 16.1. The van der Waals surface area contributed by atoms with Gasteiger partial charge in [0.05, 0.1) is 27.7 Å². The van der Waals surface area contributed by atoms with E-state index in [0.717, 1.165) is 54.7 Å². The molecule has 4 N–H and O–H groups in total. The van der Waals surface area contributed by atoms with Crippen LogP contribution in [0.15, 0.2) is 46.3 Å². The Morgan fingerprint density at radius 2 is 2.00 bits per heavy atom. The molecule has 3 aromatic rings. The van der Waals surface area contributed by atoms with Crippen molar-refractivity contribution in [2.24, 2.45) is 0 Å². The molecule has 0 aliphatic carbocycles. The van der Waals surface area contributed by atoms with E-state index in [9.17, 15) is 13.7 Å². The molecule has 35 heavy (non-hydrogen) atoms. The number of fused-ring (bicyclic) bond motifs is 2. The maximum atomic E-state index is 9.41. The standard InChI is InChI=1S/C21H22ClIN2O6S4/c22-14-3-5-18-16(11-14)25(8-2-10-35(27,28)29)21(33-18)13-20-24(7-1-9-32-31-30-26)17-12-15(23)4-6-19(17)34-20/h3-6,11-13H,1-2,7-10H2,(H3-,26,27,28,29)/p+1. The molecule has 4 rings (SSSR count). The van der Waals surface area contributed by atoms with E-state index >= 15 is 0 Å². The minimum absolute atomic E-state index is 0.0873. The number of aromatic nitrogens is 1. The molecule has 1 aromatic heterocycles. The zero-order valence-corrected chi connectivity index (χ0v) is 24.4. The second-order valence-electron chi connectivity index (χ2n) is 7.56. The highest BCUT2D eigenvalue weighted by Gasteiger charge is 2.28. The van der Waals surface area contributed by atoms with Crippen LogP contribution in [0.5, 0.6) is 0 Å². The highest BCUT2D eigenvalue weighted by Crippen LogP contribution is 2.48. The van der Waals surface area contributed by atoms with Crippen LogP contribution in [-0.4, -0.2) is 37.0 Å². The Labute approximate surface area is 235 Å². The predicted octanol–water partition coefficient (Wildman–Crippen LogP) is 7.43. The van der Waals surface area contributed by atoms with E-state index in [1.54, 1.807) is 23.1 Å². The lowest BCUT2D eigenvalue weighted by Crippen LogP contribution is -2.35. The Kier molecular flexibility index (Phi) is 9.90. The Balaban J connectivity index is 1.67. The number of aryl methyl sites for hydroxylation is 1. The second-order valence-corrected chi connectivity index (χ2v) is 13.8. The summed E-state index contributed by atoms with van der Waals surface area (Å²) in [6.45, 7) is 1.25. The number of thioether (sulfide) groups is 1. The van der Waals surface area contributed by atoms with Crippen LogP contribution in [0.4, 0.5) is 5.69 Å². The molecule has 2 heterocycles. The van der Waals surface area contributed by atoms with E-state index in [4.69, 9.17) is 16.9 Å². The molecule has 0 spiro atoms. The van der Waals surface area contributed by atoms with Gasteiger partial charge < -0.3 is 18.6 Å². The van der Waals surface area contributed by atoms with E-state index in [1.807, 2.05) is 18.2 Å². The number of rotatable bonds is 11. The third kappa shape index (κ3) is 7.39. The van der Waals surface area contributed by atoms with Gasteiger partial charge in [-0.15, -0.1) is 4.33 Å². The van der Waals surface area contributed by atoms with E-state index < -0.39 is 10.9 Å². The van der Waals surface area contributed by atoms with Gasteiger partial charge in [-0.1, -0.05) is 39.7 Å². The first kappa shape index (κ1) is 27.7. The fraction of sp³-hybridized carbons (Fsp3) is 0.286. The summed E-state index contributed by atoms with van der Waals surface area (Å²) in [7, 11) is -3.54. The zero-order chi connectivity index (χ0) is 25.0. The normalized spacial score (nSPS) is 15.4. The van der Waals surface area contributed by atoms with Crippen LogP contribution in [-0.2, 0) is 15.9 Å². The first-order chi connectivity index (χ1) is 16.7. The second kappa shape index (κ2) is 12.5. The van der Waals surface area contributed by atoms with Gasteiger partial charge in [0, 0.05) is 56.1 Å². The molecule has 0 saturated heterocycles. The van der Waals surface area contributed by atoms with Gasteiger partial charge in [-0.05, 0) is 59.3 Å². The smallest absolute Gasteiger partial charge is 0.265 e. The van der Waals surface area contributed by atoms with Gasteiger partial charge in [0.25, 0.3) is 5.01 Å². The van der Waals surface area contributed by atoms with Gasteiger partial charge >= 0.3 is 0 Å². The topological polar surface area (TPSA) is 107 Å². The van der Waals surface area contributed by atoms with Crippen molar-refractivity contribution in [3.63, 3.8) is 0 Å². The Morgan fingerprint density at radius 1 is 1.17 bits per heavy atom. The highest BCUT2D eigenvalue weighted by molar-refractivity contribution is 14.1. The van der Waals surface area contributed by atoms with Crippen LogP contribution in [0.1, 0.15) is 17.8 Å². The van der Waals surface area contributed by atoms with Crippen molar-refractivity contribution in [2.45, 2.75) is 24.3 Å². The molecule has 0 unspecified atom stereocenters. The molecule has 8 nitrogen and oxygen atoms in total. The summed E-state index contributed by atoms with van der Waals surface area (Å²) in [5.41, 5.74) is 2.10. The van der Waals surface area contributed by atoms with Crippen LogP contribution < -0.4 is 9.47 Å². The maximum absolute atomic E-state index is 9.41. The summed E-state index contributed by atoms with van der Waals surface area (Å²) in [6.07, 6.45) is 3.35. The number of thiazole rings is 1. The molecule has 2 aromatic carbocycles. The van der Waals surface area contributed by atoms with E-state index in [1.165, 1.54) is 4.70 Å². The first-order valence-electron chi connectivity index (χ1n) is 10.4. The van der Waals surface area contributed by atoms with Gasteiger partial charge in [-0.2, -0.15) is 4.57 Å². The number of hydrogen-bond acceptors (Lipinski definition) is 10.